The number of hydrogen-bond acceptors (Lipinski definition) is 3. The third-order valence-electron chi connectivity index (χ3n) is 4.15. The van der Waals surface area contributed by atoms with Crippen molar-refractivity contribution in [2.24, 2.45) is 0 Å². The van der Waals surface area contributed by atoms with Gasteiger partial charge in [0.2, 0.25) is 15.9 Å². The van der Waals surface area contributed by atoms with Gasteiger partial charge in [-0.15, -0.1) is 0 Å². The first kappa shape index (κ1) is 23.0. The zero-order valence-electron chi connectivity index (χ0n) is 15.5. The lowest BCUT2D eigenvalue weighted by molar-refractivity contribution is -0.122. The highest BCUT2D eigenvalue weighted by Gasteiger charge is 2.28. The van der Waals surface area contributed by atoms with Gasteiger partial charge in [0, 0.05) is 27.7 Å². The Hall–Kier alpha value is -1.31. The molecule has 0 saturated carbocycles. The van der Waals surface area contributed by atoms with Crippen LogP contribution >= 0.6 is 34.8 Å². The van der Waals surface area contributed by atoms with Crippen molar-refractivity contribution in [3.05, 3.63) is 63.1 Å². The highest BCUT2D eigenvalue weighted by molar-refractivity contribution is 7.89. The maximum absolute atomic E-state index is 13.2. The van der Waals surface area contributed by atoms with E-state index in [1.807, 2.05) is 13.8 Å². The third-order valence-corrected chi connectivity index (χ3v) is 6.80. The topological polar surface area (TPSA) is 66.5 Å². The molecule has 0 fully saturated rings. The quantitative estimate of drug-likeness (QED) is 0.614. The predicted octanol–water partition coefficient (Wildman–Crippen LogP) is 4.75. The maximum atomic E-state index is 13.2. The maximum Gasteiger partial charge on any atom is 0.243 e. The second kappa shape index (κ2) is 9.94. The fraction of sp³-hybridized carbons (Fsp3) is 0.316. The van der Waals surface area contributed by atoms with E-state index in [2.05, 4.69) is 5.32 Å². The van der Waals surface area contributed by atoms with E-state index < -0.39 is 15.9 Å². The van der Waals surface area contributed by atoms with Gasteiger partial charge in [-0.05, 0) is 55.3 Å². The van der Waals surface area contributed by atoms with Gasteiger partial charge in [-0.1, -0.05) is 47.8 Å². The molecule has 0 radical (unpaired) electrons. The van der Waals surface area contributed by atoms with Crippen LogP contribution in [-0.2, 0) is 21.4 Å². The van der Waals surface area contributed by atoms with Crippen molar-refractivity contribution < 1.29 is 13.2 Å². The van der Waals surface area contributed by atoms with Crippen molar-refractivity contribution in [1.29, 1.82) is 0 Å². The van der Waals surface area contributed by atoms with Crippen LogP contribution in [-0.4, -0.2) is 31.2 Å². The lowest BCUT2D eigenvalue weighted by Crippen LogP contribution is -2.43. The number of carbonyl (C=O) groups excluding carboxylic acids is 1. The van der Waals surface area contributed by atoms with E-state index in [1.165, 1.54) is 30.3 Å². The molecule has 5 nitrogen and oxygen atoms in total. The minimum atomic E-state index is -3.96. The van der Waals surface area contributed by atoms with Gasteiger partial charge in [-0.25, -0.2) is 8.42 Å². The molecule has 2 aromatic carbocycles. The average molecular weight is 464 g/mol. The number of rotatable bonds is 8. The molecule has 1 atom stereocenters. The van der Waals surface area contributed by atoms with Crippen LogP contribution in [0.3, 0.4) is 0 Å². The summed E-state index contributed by atoms with van der Waals surface area (Å²) in [6, 6.07) is 10.5. The molecule has 0 unspecified atom stereocenters. The zero-order valence-corrected chi connectivity index (χ0v) is 18.5. The molecule has 152 valence electrons. The molecule has 9 heteroatoms. The molecule has 0 aliphatic heterocycles. The van der Waals surface area contributed by atoms with Gasteiger partial charge < -0.3 is 5.32 Å². The number of carbonyl (C=O) groups is 1. The van der Waals surface area contributed by atoms with E-state index in [4.69, 9.17) is 34.8 Å². The molecule has 1 N–H and O–H groups in total. The van der Waals surface area contributed by atoms with Gasteiger partial charge in [0.1, 0.15) is 0 Å². The lowest BCUT2D eigenvalue weighted by Gasteiger charge is -2.23. The fourth-order valence-corrected chi connectivity index (χ4v) is 4.37. The molecule has 28 heavy (non-hydrogen) atoms. The van der Waals surface area contributed by atoms with Crippen LogP contribution in [0.2, 0.25) is 15.1 Å². The minimum absolute atomic E-state index is 0.0401. The van der Waals surface area contributed by atoms with Gasteiger partial charge in [-0.3, -0.25) is 4.79 Å². The first-order chi connectivity index (χ1) is 13.1. The molecule has 0 aliphatic carbocycles. The van der Waals surface area contributed by atoms with E-state index in [-0.39, 0.29) is 24.0 Å². The van der Waals surface area contributed by atoms with Crippen LogP contribution in [0.25, 0.3) is 0 Å². The second-order valence-electron chi connectivity index (χ2n) is 6.34. The standard InChI is InChI=1S/C19H21Cl3N2O3S/c1-3-13(2)23-19(25)12-24(11-14-4-5-16(21)10-18(14)22)28(26,27)17-8-6-15(20)7-9-17/h4-10,13H,3,11-12H2,1-2H3,(H,23,25)/t13-/m1/s1. The fourth-order valence-electron chi connectivity index (χ4n) is 2.40. The number of hydrogen-bond donors (Lipinski definition) is 1. The number of benzene rings is 2. The summed E-state index contributed by atoms with van der Waals surface area (Å²) in [5.41, 5.74) is 0.542. The summed E-state index contributed by atoms with van der Waals surface area (Å²) < 4.78 is 27.4. The number of sulfonamides is 1. The Morgan fingerprint density at radius 2 is 1.68 bits per heavy atom. The minimum Gasteiger partial charge on any atom is -0.353 e. The van der Waals surface area contributed by atoms with Gasteiger partial charge >= 0.3 is 0 Å². The Morgan fingerprint density at radius 1 is 1.07 bits per heavy atom. The Morgan fingerprint density at radius 3 is 2.25 bits per heavy atom. The summed E-state index contributed by atoms with van der Waals surface area (Å²) in [6.45, 7) is 3.37. The van der Waals surface area contributed by atoms with E-state index in [0.29, 0.717) is 20.6 Å². The second-order valence-corrected chi connectivity index (χ2v) is 9.56. The number of amides is 1. The van der Waals surface area contributed by atoms with E-state index in [9.17, 15) is 13.2 Å². The smallest absolute Gasteiger partial charge is 0.243 e. The van der Waals surface area contributed by atoms with Crippen molar-refractivity contribution in [2.45, 2.75) is 37.8 Å². The van der Waals surface area contributed by atoms with E-state index >= 15 is 0 Å². The summed E-state index contributed by atoms with van der Waals surface area (Å²) in [5, 5.41) is 3.96. The first-order valence-electron chi connectivity index (χ1n) is 8.62. The summed E-state index contributed by atoms with van der Waals surface area (Å²) in [5.74, 6) is -0.392. The highest BCUT2D eigenvalue weighted by atomic mass is 35.5. The molecule has 0 bridgehead atoms. The van der Waals surface area contributed by atoms with Crippen molar-refractivity contribution in [3.63, 3.8) is 0 Å². The molecule has 0 spiro atoms. The van der Waals surface area contributed by atoms with Crippen LogP contribution in [0.4, 0.5) is 0 Å². The van der Waals surface area contributed by atoms with Crippen LogP contribution in [0, 0.1) is 0 Å². The molecule has 0 aliphatic rings. The van der Waals surface area contributed by atoms with Gasteiger partial charge in [0.25, 0.3) is 0 Å². The molecular weight excluding hydrogens is 443 g/mol. The SMILES string of the molecule is CC[C@@H](C)NC(=O)CN(Cc1ccc(Cl)cc1Cl)S(=O)(=O)c1ccc(Cl)cc1. The molecule has 2 rings (SSSR count). The van der Waals surface area contributed by atoms with E-state index in [0.717, 1.165) is 10.7 Å². The van der Waals surface area contributed by atoms with Crippen LogP contribution in [0.15, 0.2) is 47.4 Å². The summed E-state index contributed by atoms with van der Waals surface area (Å²) in [4.78, 5) is 12.4. The molecule has 0 saturated heterocycles. The Balaban J connectivity index is 2.36. The zero-order chi connectivity index (χ0) is 20.9. The summed E-state index contributed by atoms with van der Waals surface area (Å²) >= 11 is 18.0. The van der Waals surface area contributed by atoms with Gasteiger partial charge in [0.05, 0.1) is 11.4 Å². The van der Waals surface area contributed by atoms with Crippen LogP contribution < -0.4 is 5.32 Å². The van der Waals surface area contributed by atoms with Crippen LogP contribution in [0.5, 0.6) is 0 Å². The summed E-state index contributed by atoms with van der Waals surface area (Å²) in [7, 11) is -3.96. The third kappa shape index (κ3) is 6.09. The Labute approximate surface area is 180 Å². The average Bonchev–Trinajstić information content (AvgIpc) is 2.63. The number of nitrogens with zero attached hydrogens (tertiary/aromatic N) is 1. The number of halogens is 3. The van der Waals surface area contributed by atoms with Crippen LogP contribution in [0.1, 0.15) is 25.8 Å². The Bertz CT molecular complexity index is 934. The van der Waals surface area contributed by atoms with Crippen molar-refractivity contribution in [1.82, 2.24) is 9.62 Å². The van der Waals surface area contributed by atoms with E-state index in [1.54, 1.807) is 12.1 Å². The van der Waals surface area contributed by atoms with Crippen molar-refractivity contribution in [2.75, 3.05) is 6.54 Å². The Kier molecular flexibility index (Phi) is 8.16. The van der Waals surface area contributed by atoms with Crippen molar-refractivity contribution >= 4 is 50.7 Å². The molecular formula is C19H21Cl3N2O3S. The predicted molar refractivity (Wildman–Crippen MR) is 113 cm³/mol. The monoisotopic (exact) mass is 462 g/mol. The van der Waals surface area contributed by atoms with Gasteiger partial charge in [0.15, 0.2) is 0 Å². The normalized spacial score (nSPS) is 12.8. The molecule has 2 aromatic rings. The lowest BCUT2D eigenvalue weighted by atomic mass is 10.2. The van der Waals surface area contributed by atoms with Crippen molar-refractivity contribution in [3.8, 4) is 0 Å². The molecule has 0 aromatic heterocycles. The molecule has 1 amide bonds. The molecule has 0 heterocycles. The van der Waals surface area contributed by atoms with Gasteiger partial charge in [-0.2, -0.15) is 4.31 Å². The number of nitrogens with one attached hydrogen (secondary N) is 1. The highest BCUT2D eigenvalue weighted by Crippen LogP contribution is 2.25. The largest absolute Gasteiger partial charge is 0.353 e. The summed E-state index contributed by atoms with van der Waals surface area (Å²) in [6.07, 6.45) is 0.735. The first-order valence-corrected chi connectivity index (χ1v) is 11.2.